The Bertz CT molecular complexity index is 828. The SMILES string of the molecule is COc1ccc(-c2cc(C(=O)Nc3ccccc3Cl)no2)cc1. The molecule has 0 atom stereocenters. The topological polar surface area (TPSA) is 64.4 Å². The summed E-state index contributed by atoms with van der Waals surface area (Å²) < 4.78 is 10.3. The highest BCUT2D eigenvalue weighted by Crippen LogP contribution is 2.24. The Kier molecular flexibility index (Phi) is 4.30. The van der Waals surface area contributed by atoms with Crippen LogP contribution < -0.4 is 10.1 Å². The zero-order chi connectivity index (χ0) is 16.2. The molecule has 0 saturated heterocycles. The van der Waals surface area contributed by atoms with Gasteiger partial charge in [-0.25, -0.2) is 0 Å². The van der Waals surface area contributed by atoms with Crippen LogP contribution in [0.1, 0.15) is 10.5 Å². The van der Waals surface area contributed by atoms with Crippen molar-refractivity contribution in [2.75, 3.05) is 12.4 Å². The Morgan fingerprint density at radius 1 is 1.17 bits per heavy atom. The molecule has 3 rings (SSSR count). The predicted molar refractivity (Wildman–Crippen MR) is 87.9 cm³/mol. The third kappa shape index (κ3) is 3.35. The summed E-state index contributed by atoms with van der Waals surface area (Å²) in [6.07, 6.45) is 0. The standard InChI is InChI=1S/C17H13ClN2O3/c1-22-12-8-6-11(7-9-12)16-10-15(20-23-16)17(21)19-14-5-3-2-4-13(14)18/h2-10H,1H3,(H,19,21). The van der Waals surface area contributed by atoms with E-state index < -0.39 is 0 Å². The Labute approximate surface area is 137 Å². The molecule has 116 valence electrons. The number of anilines is 1. The van der Waals surface area contributed by atoms with Crippen molar-refractivity contribution in [2.45, 2.75) is 0 Å². The maximum atomic E-state index is 12.2. The van der Waals surface area contributed by atoms with E-state index in [1.807, 2.05) is 12.1 Å². The number of carbonyl (C=O) groups is 1. The fourth-order valence-corrected chi connectivity index (χ4v) is 2.21. The molecule has 0 aliphatic carbocycles. The van der Waals surface area contributed by atoms with Gasteiger partial charge in [0.25, 0.3) is 5.91 Å². The van der Waals surface area contributed by atoms with Crippen LogP contribution in [0.5, 0.6) is 5.75 Å². The van der Waals surface area contributed by atoms with Gasteiger partial charge in [-0.3, -0.25) is 4.79 Å². The molecule has 0 bridgehead atoms. The first-order chi connectivity index (χ1) is 11.2. The van der Waals surface area contributed by atoms with Crippen LogP contribution in [0.15, 0.2) is 59.1 Å². The molecule has 0 fully saturated rings. The van der Waals surface area contributed by atoms with E-state index in [9.17, 15) is 4.79 Å². The molecule has 0 spiro atoms. The lowest BCUT2D eigenvalue weighted by Gasteiger charge is -2.04. The molecule has 6 heteroatoms. The second-order valence-corrected chi connectivity index (χ2v) is 5.15. The van der Waals surface area contributed by atoms with Gasteiger partial charge in [-0.2, -0.15) is 0 Å². The summed E-state index contributed by atoms with van der Waals surface area (Å²) in [5, 5.41) is 6.95. The van der Waals surface area contributed by atoms with Gasteiger partial charge in [0, 0.05) is 11.6 Å². The monoisotopic (exact) mass is 328 g/mol. The number of rotatable bonds is 4. The summed E-state index contributed by atoms with van der Waals surface area (Å²) in [4.78, 5) is 12.2. The molecule has 3 aromatic rings. The van der Waals surface area contributed by atoms with E-state index in [1.54, 1.807) is 49.6 Å². The first-order valence-corrected chi connectivity index (χ1v) is 7.22. The second-order valence-electron chi connectivity index (χ2n) is 4.74. The summed E-state index contributed by atoms with van der Waals surface area (Å²) in [6.45, 7) is 0. The number of nitrogens with zero attached hydrogens (tertiary/aromatic N) is 1. The smallest absolute Gasteiger partial charge is 0.277 e. The third-order valence-electron chi connectivity index (χ3n) is 3.24. The maximum absolute atomic E-state index is 12.2. The summed E-state index contributed by atoms with van der Waals surface area (Å²) in [5.74, 6) is 0.850. The number of hydrogen-bond donors (Lipinski definition) is 1. The first kappa shape index (κ1) is 15.1. The Hall–Kier alpha value is -2.79. The normalized spacial score (nSPS) is 10.3. The van der Waals surface area contributed by atoms with E-state index in [2.05, 4.69) is 10.5 Å². The van der Waals surface area contributed by atoms with E-state index in [0.29, 0.717) is 16.5 Å². The Morgan fingerprint density at radius 2 is 1.91 bits per heavy atom. The van der Waals surface area contributed by atoms with E-state index in [-0.39, 0.29) is 11.6 Å². The highest BCUT2D eigenvalue weighted by atomic mass is 35.5. The van der Waals surface area contributed by atoms with E-state index >= 15 is 0 Å². The van der Waals surface area contributed by atoms with Crippen LogP contribution in [-0.4, -0.2) is 18.2 Å². The molecular formula is C17H13ClN2O3. The van der Waals surface area contributed by atoms with Gasteiger partial charge in [-0.15, -0.1) is 0 Å². The molecule has 0 aliphatic rings. The van der Waals surface area contributed by atoms with Crippen molar-refractivity contribution in [3.05, 3.63) is 65.3 Å². The second kappa shape index (κ2) is 6.54. The number of aromatic nitrogens is 1. The number of halogens is 1. The summed E-state index contributed by atoms with van der Waals surface area (Å²) in [5.41, 5.74) is 1.50. The van der Waals surface area contributed by atoms with Crippen molar-refractivity contribution < 1.29 is 14.1 Å². The number of methoxy groups -OCH3 is 1. The number of carbonyl (C=O) groups excluding carboxylic acids is 1. The highest BCUT2D eigenvalue weighted by Gasteiger charge is 2.15. The van der Waals surface area contributed by atoms with Crippen molar-refractivity contribution in [2.24, 2.45) is 0 Å². The van der Waals surface area contributed by atoms with Crippen LogP contribution in [0.2, 0.25) is 5.02 Å². The Balaban J connectivity index is 1.78. The van der Waals surface area contributed by atoms with Crippen molar-refractivity contribution in [1.29, 1.82) is 0 Å². The van der Waals surface area contributed by atoms with Gasteiger partial charge in [-0.1, -0.05) is 28.9 Å². The minimum Gasteiger partial charge on any atom is -0.497 e. The fraction of sp³-hybridized carbons (Fsp3) is 0.0588. The van der Waals surface area contributed by atoms with Crippen LogP contribution in [0.3, 0.4) is 0 Å². The van der Waals surface area contributed by atoms with E-state index in [1.165, 1.54) is 0 Å². The van der Waals surface area contributed by atoms with Crippen molar-refractivity contribution >= 4 is 23.2 Å². The average molecular weight is 329 g/mol. The average Bonchev–Trinajstić information content (AvgIpc) is 3.07. The maximum Gasteiger partial charge on any atom is 0.277 e. The van der Waals surface area contributed by atoms with Crippen molar-refractivity contribution in [1.82, 2.24) is 5.16 Å². The van der Waals surface area contributed by atoms with Crippen molar-refractivity contribution in [3.63, 3.8) is 0 Å². The van der Waals surface area contributed by atoms with Gasteiger partial charge in [-0.05, 0) is 36.4 Å². The zero-order valence-corrected chi connectivity index (χ0v) is 13.0. The lowest BCUT2D eigenvalue weighted by atomic mass is 10.1. The fourth-order valence-electron chi connectivity index (χ4n) is 2.02. The number of amides is 1. The van der Waals surface area contributed by atoms with Gasteiger partial charge in [0.1, 0.15) is 5.75 Å². The van der Waals surface area contributed by atoms with Gasteiger partial charge in [0.15, 0.2) is 11.5 Å². The molecule has 0 aliphatic heterocycles. The van der Waals surface area contributed by atoms with Gasteiger partial charge < -0.3 is 14.6 Å². The summed E-state index contributed by atoms with van der Waals surface area (Å²) in [6, 6.07) is 15.8. The number of nitrogens with one attached hydrogen (secondary N) is 1. The molecule has 1 heterocycles. The van der Waals surface area contributed by atoms with E-state index in [4.69, 9.17) is 20.9 Å². The van der Waals surface area contributed by atoms with Crippen LogP contribution in [-0.2, 0) is 0 Å². The molecular weight excluding hydrogens is 316 g/mol. The molecule has 1 amide bonds. The molecule has 2 aromatic carbocycles. The third-order valence-corrected chi connectivity index (χ3v) is 3.57. The molecule has 23 heavy (non-hydrogen) atoms. The minimum atomic E-state index is -0.387. The summed E-state index contributed by atoms with van der Waals surface area (Å²) in [7, 11) is 1.60. The van der Waals surface area contributed by atoms with Crippen LogP contribution >= 0.6 is 11.6 Å². The van der Waals surface area contributed by atoms with Crippen molar-refractivity contribution in [3.8, 4) is 17.1 Å². The number of hydrogen-bond acceptors (Lipinski definition) is 4. The van der Waals surface area contributed by atoms with Crippen LogP contribution in [0, 0.1) is 0 Å². The summed E-state index contributed by atoms with van der Waals surface area (Å²) >= 11 is 6.02. The quantitative estimate of drug-likeness (QED) is 0.777. The minimum absolute atomic E-state index is 0.177. The number of benzene rings is 2. The molecule has 1 N–H and O–H groups in total. The number of para-hydroxylation sites is 1. The lowest BCUT2D eigenvalue weighted by Crippen LogP contribution is -2.12. The molecule has 0 unspecified atom stereocenters. The Morgan fingerprint density at radius 3 is 2.61 bits per heavy atom. The number of ether oxygens (including phenoxy) is 1. The van der Waals surface area contributed by atoms with Gasteiger partial charge in [0.2, 0.25) is 0 Å². The first-order valence-electron chi connectivity index (χ1n) is 6.84. The van der Waals surface area contributed by atoms with Gasteiger partial charge >= 0.3 is 0 Å². The molecule has 5 nitrogen and oxygen atoms in total. The highest BCUT2D eigenvalue weighted by molar-refractivity contribution is 6.33. The predicted octanol–water partition coefficient (Wildman–Crippen LogP) is 4.26. The zero-order valence-electron chi connectivity index (χ0n) is 12.2. The van der Waals surface area contributed by atoms with Gasteiger partial charge in [0.05, 0.1) is 17.8 Å². The van der Waals surface area contributed by atoms with Crippen LogP contribution in [0.4, 0.5) is 5.69 Å². The van der Waals surface area contributed by atoms with Crippen LogP contribution in [0.25, 0.3) is 11.3 Å². The largest absolute Gasteiger partial charge is 0.497 e. The molecule has 0 saturated carbocycles. The molecule has 1 aromatic heterocycles. The lowest BCUT2D eigenvalue weighted by molar-refractivity contribution is 0.101. The molecule has 0 radical (unpaired) electrons. The van der Waals surface area contributed by atoms with E-state index in [0.717, 1.165) is 11.3 Å².